The predicted molar refractivity (Wildman–Crippen MR) is 92.6 cm³/mol. The normalized spacial score (nSPS) is 18.3. The molecule has 9 heteroatoms. The Bertz CT molecular complexity index is 660. The highest BCUT2D eigenvalue weighted by atomic mass is 32.1. The predicted octanol–water partition coefficient (Wildman–Crippen LogP) is 1.45. The summed E-state index contributed by atoms with van der Waals surface area (Å²) < 4.78 is 10.0. The van der Waals surface area contributed by atoms with Crippen molar-refractivity contribution in [2.75, 3.05) is 32.2 Å². The first-order valence-electron chi connectivity index (χ1n) is 8.11. The number of hydrogen-bond acceptors (Lipinski definition) is 7. The van der Waals surface area contributed by atoms with Crippen LogP contribution in [-0.2, 0) is 19.1 Å². The van der Waals surface area contributed by atoms with Crippen molar-refractivity contribution >= 4 is 34.3 Å². The lowest BCUT2D eigenvalue weighted by molar-refractivity contribution is -0.130. The SMILES string of the molecule is CCOC(=O)c1sc(NC(=O)[C@@H]2CC(=O)N([C@H](C)COC)C2)nc1C. The summed E-state index contributed by atoms with van der Waals surface area (Å²) >= 11 is 1.07. The molecule has 138 valence electrons. The molecule has 8 nitrogen and oxygen atoms in total. The third kappa shape index (κ3) is 4.55. The van der Waals surface area contributed by atoms with Gasteiger partial charge in [-0.1, -0.05) is 11.3 Å². The van der Waals surface area contributed by atoms with Gasteiger partial charge in [0.15, 0.2) is 5.13 Å². The maximum Gasteiger partial charge on any atom is 0.350 e. The van der Waals surface area contributed by atoms with Gasteiger partial charge < -0.3 is 19.7 Å². The monoisotopic (exact) mass is 369 g/mol. The van der Waals surface area contributed by atoms with Crippen LogP contribution in [0.5, 0.6) is 0 Å². The number of amides is 2. The van der Waals surface area contributed by atoms with Gasteiger partial charge in [-0.2, -0.15) is 0 Å². The molecule has 2 heterocycles. The third-order valence-corrected chi connectivity index (χ3v) is 5.01. The number of aromatic nitrogens is 1. The number of nitrogens with zero attached hydrogens (tertiary/aromatic N) is 2. The summed E-state index contributed by atoms with van der Waals surface area (Å²) in [6.07, 6.45) is 0.162. The molecule has 2 amide bonds. The molecule has 25 heavy (non-hydrogen) atoms. The van der Waals surface area contributed by atoms with Crippen LogP contribution in [-0.4, -0.2) is 60.6 Å². The average molecular weight is 369 g/mol. The summed E-state index contributed by atoms with van der Waals surface area (Å²) in [5.74, 6) is -1.23. The van der Waals surface area contributed by atoms with E-state index in [1.54, 1.807) is 25.9 Å². The highest BCUT2D eigenvalue weighted by Crippen LogP contribution is 2.26. The number of hydrogen-bond donors (Lipinski definition) is 1. The van der Waals surface area contributed by atoms with E-state index in [9.17, 15) is 14.4 Å². The van der Waals surface area contributed by atoms with E-state index in [0.29, 0.717) is 28.9 Å². The van der Waals surface area contributed by atoms with Crippen LogP contribution in [0, 0.1) is 12.8 Å². The van der Waals surface area contributed by atoms with Crippen LogP contribution in [0.2, 0.25) is 0 Å². The minimum Gasteiger partial charge on any atom is -0.462 e. The fourth-order valence-corrected chi connectivity index (χ4v) is 3.57. The van der Waals surface area contributed by atoms with Gasteiger partial charge in [0.05, 0.1) is 30.9 Å². The van der Waals surface area contributed by atoms with E-state index in [4.69, 9.17) is 9.47 Å². The summed E-state index contributed by atoms with van der Waals surface area (Å²) in [5, 5.41) is 3.04. The van der Waals surface area contributed by atoms with Gasteiger partial charge in [0, 0.05) is 20.1 Å². The van der Waals surface area contributed by atoms with Crippen molar-refractivity contribution < 1.29 is 23.9 Å². The molecule has 0 radical (unpaired) electrons. The molecule has 2 atom stereocenters. The summed E-state index contributed by atoms with van der Waals surface area (Å²) in [5.41, 5.74) is 0.511. The van der Waals surface area contributed by atoms with Crippen LogP contribution in [0.25, 0.3) is 0 Å². The van der Waals surface area contributed by atoms with Crippen molar-refractivity contribution in [2.45, 2.75) is 33.2 Å². The van der Waals surface area contributed by atoms with Crippen molar-refractivity contribution in [1.82, 2.24) is 9.88 Å². The summed E-state index contributed by atoms with van der Waals surface area (Å²) in [7, 11) is 1.58. The van der Waals surface area contributed by atoms with Crippen LogP contribution in [0.15, 0.2) is 0 Å². The minimum atomic E-state index is -0.450. The van der Waals surface area contributed by atoms with Crippen LogP contribution in [0.4, 0.5) is 5.13 Å². The van der Waals surface area contributed by atoms with E-state index < -0.39 is 11.9 Å². The zero-order valence-corrected chi connectivity index (χ0v) is 15.6. The fourth-order valence-electron chi connectivity index (χ4n) is 2.71. The summed E-state index contributed by atoms with van der Waals surface area (Å²) in [6.45, 7) is 6.35. The Hall–Kier alpha value is -2.00. The summed E-state index contributed by atoms with van der Waals surface area (Å²) in [4.78, 5) is 42.6. The van der Waals surface area contributed by atoms with Gasteiger partial charge in [-0.05, 0) is 20.8 Å². The average Bonchev–Trinajstić information content (AvgIpc) is 3.11. The molecule has 0 aliphatic carbocycles. The molecule has 1 aromatic rings. The number of likely N-dealkylation sites (tertiary alicyclic amines) is 1. The van der Waals surface area contributed by atoms with Gasteiger partial charge >= 0.3 is 5.97 Å². The first-order valence-corrected chi connectivity index (χ1v) is 8.92. The second-order valence-corrected chi connectivity index (χ2v) is 6.89. The molecule has 1 aromatic heterocycles. The molecule has 1 saturated heterocycles. The first kappa shape index (κ1) is 19.3. The van der Waals surface area contributed by atoms with E-state index in [1.165, 1.54) is 0 Å². The molecule has 0 spiro atoms. The van der Waals surface area contributed by atoms with Crippen LogP contribution in [0.3, 0.4) is 0 Å². The zero-order valence-electron chi connectivity index (χ0n) is 14.8. The lowest BCUT2D eigenvalue weighted by Crippen LogP contribution is -2.38. The highest BCUT2D eigenvalue weighted by molar-refractivity contribution is 7.17. The van der Waals surface area contributed by atoms with Gasteiger partial charge in [-0.25, -0.2) is 9.78 Å². The van der Waals surface area contributed by atoms with Crippen LogP contribution >= 0.6 is 11.3 Å². The topological polar surface area (TPSA) is 97.8 Å². The minimum absolute atomic E-state index is 0.0627. The molecule has 1 aliphatic heterocycles. The highest BCUT2D eigenvalue weighted by Gasteiger charge is 2.37. The van der Waals surface area contributed by atoms with Gasteiger partial charge in [-0.15, -0.1) is 0 Å². The van der Waals surface area contributed by atoms with E-state index in [2.05, 4.69) is 10.3 Å². The number of carbonyl (C=O) groups excluding carboxylic acids is 3. The number of nitrogens with one attached hydrogen (secondary N) is 1. The Kier molecular flexibility index (Phi) is 6.49. The molecule has 0 unspecified atom stereocenters. The van der Waals surface area contributed by atoms with E-state index in [1.807, 2.05) is 6.92 Å². The van der Waals surface area contributed by atoms with E-state index in [0.717, 1.165) is 11.3 Å². The maximum atomic E-state index is 12.4. The molecule has 0 bridgehead atoms. The molecule has 0 aromatic carbocycles. The number of carbonyl (C=O) groups is 3. The quantitative estimate of drug-likeness (QED) is 0.731. The lowest BCUT2D eigenvalue weighted by atomic mass is 10.1. The molecule has 0 saturated carbocycles. The number of methoxy groups -OCH3 is 1. The Morgan fingerprint density at radius 1 is 1.48 bits per heavy atom. The van der Waals surface area contributed by atoms with Crippen LogP contribution < -0.4 is 5.32 Å². The Morgan fingerprint density at radius 2 is 2.20 bits per heavy atom. The van der Waals surface area contributed by atoms with Crippen molar-refractivity contribution in [3.63, 3.8) is 0 Å². The first-order chi connectivity index (χ1) is 11.9. The molecule has 2 rings (SSSR count). The van der Waals surface area contributed by atoms with Crippen molar-refractivity contribution in [3.05, 3.63) is 10.6 Å². The van der Waals surface area contributed by atoms with Crippen molar-refractivity contribution in [1.29, 1.82) is 0 Å². The molecular formula is C16H23N3O5S. The van der Waals surface area contributed by atoms with E-state index in [-0.39, 0.29) is 30.9 Å². The number of anilines is 1. The largest absolute Gasteiger partial charge is 0.462 e. The van der Waals surface area contributed by atoms with Gasteiger partial charge in [0.1, 0.15) is 4.88 Å². The second-order valence-electron chi connectivity index (χ2n) is 5.89. The van der Waals surface area contributed by atoms with Gasteiger partial charge in [0.25, 0.3) is 0 Å². The molecule has 1 N–H and O–H groups in total. The molecule has 1 aliphatic rings. The number of esters is 1. The van der Waals surface area contributed by atoms with Crippen LogP contribution in [0.1, 0.15) is 35.6 Å². The Labute approximate surface area is 150 Å². The Balaban J connectivity index is 2.00. The van der Waals surface area contributed by atoms with Gasteiger partial charge in [-0.3, -0.25) is 9.59 Å². The van der Waals surface area contributed by atoms with Crippen molar-refractivity contribution in [2.24, 2.45) is 5.92 Å². The second kappa shape index (κ2) is 8.39. The third-order valence-electron chi connectivity index (χ3n) is 3.96. The zero-order chi connectivity index (χ0) is 18.6. The number of ether oxygens (including phenoxy) is 2. The molecular weight excluding hydrogens is 346 g/mol. The molecule has 1 fully saturated rings. The van der Waals surface area contributed by atoms with E-state index >= 15 is 0 Å². The number of rotatable bonds is 7. The standard InChI is InChI=1S/C16H23N3O5S/c1-5-24-15(22)13-10(3)17-16(25-13)18-14(21)11-6-12(20)19(7-11)9(2)8-23-4/h9,11H,5-8H2,1-4H3,(H,17,18,21)/t9-,11-/m1/s1. The number of aryl methyl sites for hydroxylation is 1. The smallest absolute Gasteiger partial charge is 0.350 e. The summed E-state index contributed by atoms with van der Waals surface area (Å²) in [6, 6.07) is -0.0761. The van der Waals surface area contributed by atoms with Crippen molar-refractivity contribution in [3.8, 4) is 0 Å². The fraction of sp³-hybridized carbons (Fsp3) is 0.625. The number of thiazole rings is 1. The van der Waals surface area contributed by atoms with Gasteiger partial charge in [0.2, 0.25) is 11.8 Å². The maximum absolute atomic E-state index is 12.4. The Morgan fingerprint density at radius 3 is 2.84 bits per heavy atom. The lowest BCUT2D eigenvalue weighted by Gasteiger charge is -2.23.